The molecule has 0 radical (unpaired) electrons. The van der Waals surface area contributed by atoms with Crippen LogP contribution in [0.2, 0.25) is 0 Å². The summed E-state index contributed by atoms with van der Waals surface area (Å²) in [5.74, 6) is -4.64. The zero-order chi connectivity index (χ0) is 16.6. The van der Waals surface area contributed by atoms with Crippen LogP contribution in [0.15, 0.2) is 22.9 Å². The van der Waals surface area contributed by atoms with Crippen molar-refractivity contribution in [2.75, 3.05) is 6.54 Å². The largest absolute Gasteiger partial charge is 0.337 e. The Hall–Kier alpha value is -2.45. The molecule has 6 nitrogen and oxygen atoms in total. The minimum atomic E-state index is -3.12. The van der Waals surface area contributed by atoms with E-state index in [1.165, 1.54) is 12.3 Å². The predicted molar refractivity (Wildman–Crippen MR) is 71.2 cm³/mol. The van der Waals surface area contributed by atoms with Crippen molar-refractivity contribution in [2.45, 2.75) is 31.7 Å². The Kier molecular flexibility index (Phi) is 3.78. The van der Waals surface area contributed by atoms with E-state index in [0.29, 0.717) is 12.2 Å². The molecule has 122 valence electrons. The molecule has 2 aromatic rings. The van der Waals surface area contributed by atoms with E-state index in [2.05, 4.69) is 15.1 Å². The predicted octanol–water partition coefficient (Wildman–Crippen LogP) is 2.39. The standard InChI is InChI=1S/C14H13F3N4O2/c1-2-10-19-12(23-20-10)9-6-14(16,17)7-21(9)13(22)11-8(15)4-3-5-18-11/h3-5,9H,2,6-7H2,1H3/t9-/m0/s1. The van der Waals surface area contributed by atoms with Crippen molar-refractivity contribution in [3.05, 3.63) is 41.6 Å². The number of halogens is 3. The Balaban J connectivity index is 1.95. The Morgan fingerprint density at radius 3 is 2.96 bits per heavy atom. The average molecular weight is 326 g/mol. The molecule has 23 heavy (non-hydrogen) atoms. The van der Waals surface area contributed by atoms with E-state index >= 15 is 0 Å². The highest BCUT2D eigenvalue weighted by atomic mass is 19.3. The summed E-state index contributed by atoms with van der Waals surface area (Å²) in [4.78, 5) is 20.9. The number of hydrogen-bond donors (Lipinski definition) is 0. The molecule has 3 heterocycles. The van der Waals surface area contributed by atoms with Gasteiger partial charge in [0.15, 0.2) is 17.3 Å². The second-order valence-corrected chi connectivity index (χ2v) is 5.25. The van der Waals surface area contributed by atoms with E-state index in [1.807, 2.05) is 0 Å². The number of hydrogen-bond acceptors (Lipinski definition) is 5. The minimum Gasteiger partial charge on any atom is -0.337 e. The van der Waals surface area contributed by atoms with Gasteiger partial charge in [-0.05, 0) is 12.1 Å². The van der Waals surface area contributed by atoms with Crippen molar-refractivity contribution < 1.29 is 22.5 Å². The highest BCUT2D eigenvalue weighted by Gasteiger charge is 2.50. The van der Waals surface area contributed by atoms with Crippen LogP contribution in [0.3, 0.4) is 0 Å². The number of rotatable bonds is 3. The molecule has 1 saturated heterocycles. The van der Waals surface area contributed by atoms with Gasteiger partial charge in [0, 0.05) is 19.0 Å². The first-order valence-electron chi connectivity index (χ1n) is 7.03. The van der Waals surface area contributed by atoms with E-state index in [9.17, 15) is 18.0 Å². The van der Waals surface area contributed by atoms with Crippen molar-refractivity contribution >= 4 is 5.91 Å². The molecule has 0 saturated carbocycles. The summed E-state index contributed by atoms with van der Waals surface area (Å²) in [6.07, 6.45) is 1.04. The number of alkyl halides is 2. The van der Waals surface area contributed by atoms with Gasteiger partial charge >= 0.3 is 0 Å². The lowest BCUT2D eigenvalue weighted by molar-refractivity contribution is 0.0115. The fourth-order valence-corrected chi connectivity index (χ4v) is 2.48. The Bertz CT molecular complexity index is 734. The molecule has 9 heteroatoms. The van der Waals surface area contributed by atoms with Gasteiger partial charge in [0.2, 0.25) is 5.89 Å². The third-order valence-electron chi connectivity index (χ3n) is 3.58. The van der Waals surface area contributed by atoms with E-state index in [4.69, 9.17) is 4.52 Å². The topological polar surface area (TPSA) is 72.1 Å². The summed E-state index contributed by atoms with van der Waals surface area (Å²) in [7, 11) is 0. The van der Waals surface area contributed by atoms with Crippen LogP contribution in [0.1, 0.15) is 41.6 Å². The van der Waals surface area contributed by atoms with Crippen LogP contribution in [-0.4, -0.2) is 38.4 Å². The van der Waals surface area contributed by atoms with Gasteiger partial charge in [0.1, 0.15) is 6.04 Å². The molecule has 1 aliphatic heterocycles. The number of nitrogens with zero attached hydrogens (tertiary/aromatic N) is 4. The first-order valence-corrected chi connectivity index (χ1v) is 7.03. The molecule has 0 unspecified atom stereocenters. The summed E-state index contributed by atoms with van der Waals surface area (Å²) >= 11 is 0. The van der Waals surface area contributed by atoms with Gasteiger partial charge in [-0.15, -0.1) is 0 Å². The first kappa shape index (κ1) is 15.4. The maximum absolute atomic E-state index is 13.8. The smallest absolute Gasteiger partial charge is 0.276 e. The van der Waals surface area contributed by atoms with Gasteiger partial charge in [-0.2, -0.15) is 4.98 Å². The SMILES string of the molecule is CCc1noc([C@@H]2CC(F)(F)CN2C(=O)c2ncccc2F)n1. The van der Waals surface area contributed by atoms with Crippen LogP contribution < -0.4 is 0 Å². The van der Waals surface area contributed by atoms with Gasteiger partial charge < -0.3 is 9.42 Å². The van der Waals surface area contributed by atoms with Crippen LogP contribution in [0.25, 0.3) is 0 Å². The average Bonchev–Trinajstić information content (AvgIpc) is 3.10. The number of aromatic nitrogens is 3. The summed E-state index contributed by atoms with van der Waals surface area (Å²) in [5, 5.41) is 3.65. The fourth-order valence-electron chi connectivity index (χ4n) is 2.48. The number of carbonyl (C=O) groups is 1. The Morgan fingerprint density at radius 1 is 1.52 bits per heavy atom. The molecular formula is C14H13F3N4O2. The Labute approximate surface area is 129 Å². The molecule has 0 spiro atoms. The molecule has 0 bridgehead atoms. The lowest BCUT2D eigenvalue weighted by atomic mass is 10.2. The van der Waals surface area contributed by atoms with E-state index in [1.54, 1.807) is 6.92 Å². The third-order valence-corrected chi connectivity index (χ3v) is 3.58. The number of carbonyl (C=O) groups excluding carboxylic acids is 1. The second-order valence-electron chi connectivity index (χ2n) is 5.25. The summed E-state index contributed by atoms with van der Waals surface area (Å²) in [6.45, 7) is 0.931. The molecular weight excluding hydrogens is 313 g/mol. The Morgan fingerprint density at radius 2 is 2.30 bits per heavy atom. The van der Waals surface area contributed by atoms with Crippen LogP contribution in [0.5, 0.6) is 0 Å². The molecule has 0 aliphatic carbocycles. The van der Waals surface area contributed by atoms with Gasteiger partial charge in [0.05, 0.1) is 6.54 Å². The van der Waals surface area contributed by atoms with Gasteiger partial charge in [-0.3, -0.25) is 4.79 Å². The van der Waals surface area contributed by atoms with E-state index < -0.39 is 42.3 Å². The van der Waals surface area contributed by atoms with Crippen LogP contribution >= 0.6 is 0 Å². The lowest BCUT2D eigenvalue weighted by Gasteiger charge is -2.20. The van der Waals surface area contributed by atoms with Crippen molar-refractivity contribution in [1.82, 2.24) is 20.0 Å². The number of aryl methyl sites for hydroxylation is 1. The molecule has 1 amide bonds. The minimum absolute atomic E-state index is 0.0799. The zero-order valence-corrected chi connectivity index (χ0v) is 12.2. The van der Waals surface area contributed by atoms with Gasteiger partial charge in [-0.25, -0.2) is 18.2 Å². The lowest BCUT2D eigenvalue weighted by Crippen LogP contribution is -2.34. The summed E-state index contributed by atoms with van der Waals surface area (Å²) < 4.78 is 46.3. The normalized spacial score (nSPS) is 20.0. The van der Waals surface area contributed by atoms with Crippen molar-refractivity contribution in [3.8, 4) is 0 Å². The first-order chi connectivity index (χ1) is 10.9. The quantitative estimate of drug-likeness (QED) is 0.866. The van der Waals surface area contributed by atoms with Crippen LogP contribution in [0, 0.1) is 5.82 Å². The summed E-state index contributed by atoms with van der Waals surface area (Å²) in [6, 6.07) is 1.26. The second kappa shape index (κ2) is 5.64. The maximum Gasteiger partial charge on any atom is 0.276 e. The number of likely N-dealkylation sites (tertiary alicyclic amines) is 1. The maximum atomic E-state index is 13.8. The molecule has 1 aliphatic rings. The van der Waals surface area contributed by atoms with Crippen LogP contribution in [0.4, 0.5) is 13.2 Å². The van der Waals surface area contributed by atoms with Gasteiger partial charge in [-0.1, -0.05) is 12.1 Å². The fraction of sp³-hybridized carbons (Fsp3) is 0.429. The number of amides is 1. The van der Waals surface area contributed by atoms with Crippen molar-refractivity contribution in [2.24, 2.45) is 0 Å². The molecule has 0 aromatic carbocycles. The monoisotopic (exact) mass is 326 g/mol. The molecule has 0 N–H and O–H groups in total. The molecule has 1 atom stereocenters. The highest BCUT2D eigenvalue weighted by molar-refractivity contribution is 5.93. The van der Waals surface area contributed by atoms with Crippen LogP contribution in [-0.2, 0) is 6.42 Å². The molecule has 1 fully saturated rings. The highest BCUT2D eigenvalue weighted by Crippen LogP contribution is 2.41. The van der Waals surface area contributed by atoms with Crippen molar-refractivity contribution in [3.63, 3.8) is 0 Å². The van der Waals surface area contributed by atoms with Gasteiger partial charge in [0.25, 0.3) is 11.8 Å². The zero-order valence-electron chi connectivity index (χ0n) is 12.2. The third kappa shape index (κ3) is 2.90. The molecule has 2 aromatic heterocycles. The summed E-state index contributed by atoms with van der Waals surface area (Å²) in [5.41, 5.74) is -0.509. The van der Waals surface area contributed by atoms with E-state index in [-0.39, 0.29) is 5.89 Å². The van der Waals surface area contributed by atoms with Crippen molar-refractivity contribution in [1.29, 1.82) is 0 Å². The molecule has 3 rings (SSSR count). The number of pyridine rings is 1. The van der Waals surface area contributed by atoms with E-state index in [0.717, 1.165) is 11.0 Å².